The van der Waals surface area contributed by atoms with Crippen molar-refractivity contribution in [3.63, 3.8) is 0 Å². The Kier molecular flexibility index (Phi) is 3.59. The topological polar surface area (TPSA) is 95.7 Å². The molecule has 0 amide bonds. The van der Waals surface area contributed by atoms with Gasteiger partial charge in [0, 0.05) is 0 Å². The Morgan fingerprint density at radius 3 is 2.55 bits per heavy atom. The van der Waals surface area contributed by atoms with Crippen LogP contribution < -0.4 is 14.1 Å². The summed E-state index contributed by atoms with van der Waals surface area (Å²) in [6.45, 7) is 0. The summed E-state index contributed by atoms with van der Waals surface area (Å²) >= 11 is 0. The van der Waals surface area contributed by atoms with Crippen molar-refractivity contribution in [2.45, 2.75) is 12.5 Å². The second-order valence-corrected chi connectivity index (χ2v) is 6.03. The molecule has 2 aromatic rings. The molecule has 1 aliphatic heterocycles. The summed E-state index contributed by atoms with van der Waals surface area (Å²) in [6.07, 6.45) is -0.179. The highest BCUT2D eigenvalue weighted by Crippen LogP contribution is 2.36. The van der Waals surface area contributed by atoms with Crippen LogP contribution in [0.25, 0.3) is 0 Å². The van der Waals surface area contributed by atoms with Gasteiger partial charge in [-0.15, -0.1) is 0 Å². The van der Waals surface area contributed by atoms with Gasteiger partial charge < -0.3 is 8.92 Å². The molecule has 0 saturated heterocycles. The molecule has 114 valence electrons. The lowest BCUT2D eigenvalue weighted by atomic mass is 9.96. The first-order valence-corrected chi connectivity index (χ1v) is 8.00. The first-order chi connectivity index (χ1) is 10.4. The normalized spacial score (nSPS) is 17.5. The van der Waals surface area contributed by atoms with Crippen molar-refractivity contribution < 1.29 is 22.1 Å². The van der Waals surface area contributed by atoms with Gasteiger partial charge in [0.25, 0.3) is 0 Å². The van der Waals surface area contributed by atoms with Gasteiger partial charge in [0.15, 0.2) is 5.78 Å². The molecule has 0 saturated carbocycles. The van der Waals surface area contributed by atoms with Crippen molar-refractivity contribution in [2.75, 3.05) is 0 Å². The number of nitrogens with two attached hydrogens (primary N) is 1. The summed E-state index contributed by atoms with van der Waals surface area (Å²) in [7, 11) is -4.13. The molecule has 0 bridgehead atoms. The summed E-state index contributed by atoms with van der Waals surface area (Å²) in [4.78, 5) is 12.3. The third-order valence-corrected chi connectivity index (χ3v) is 3.70. The average molecular weight is 319 g/mol. The van der Waals surface area contributed by atoms with E-state index in [1.807, 2.05) is 30.3 Å². The average Bonchev–Trinajstić information content (AvgIpc) is 2.47. The zero-order chi connectivity index (χ0) is 15.7. The summed E-state index contributed by atoms with van der Waals surface area (Å²) in [5.41, 5.74) is 1.19. The van der Waals surface area contributed by atoms with Crippen molar-refractivity contribution in [3.05, 3.63) is 59.7 Å². The van der Waals surface area contributed by atoms with Crippen LogP contribution in [0.1, 0.15) is 28.4 Å². The molecular weight excluding hydrogens is 306 g/mol. The minimum absolute atomic E-state index is 0.0173. The first kappa shape index (κ1) is 14.6. The number of carbonyl (C=O) groups excluding carboxylic acids is 1. The second-order valence-electron chi connectivity index (χ2n) is 4.88. The number of ketones is 1. The van der Waals surface area contributed by atoms with E-state index in [0.717, 1.165) is 5.56 Å². The van der Waals surface area contributed by atoms with Crippen LogP contribution in [0.15, 0.2) is 48.5 Å². The molecule has 1 atom stereocenters. The molecule has 1 heterocycles. The Balaban J connectivity index is 1.91. The molecule has 0 aliphatic carbocycles. The molecule has 6 nitrogen and oxygen atoms in total. The van der Waals surface area contributed by atoms with Crippen LogP contribution in [0.2, 0.25) is 0 Å². The number of ether oxygens (including phenoxy) is 1. The first-order valence-electron chi connectivity index (χ1n) is 6.53. The van der Waals surface area contributed by atoms with E-state index in [9.17, 15) is 13.2 Å². The number of hydrogen-bond donors (Lipinski definition) is 1. The Hall–Kier alpha value is -2.38. The van der Waals surface area contributed by atoms with E-state index in [2.05, 4.69) is 4.18 Å². The standard InChI is InChI=1S/C15H13NO5S/c16-22(18,19)21-11-6-7-14-12(8-11)13(17)9-15(20-14)10-4-2-1-3-5-10/h1-8,15H,9H2,(H2,16,18,19)/t15-/m1/s1. The highest BCUT2D eigenvalue weighted by Gasteiger charge is 2.28. The summed E-state index contributed by atoms with van der Waals surface area (Å²) in [6, 6.07) is 13.6. The van der Waals surface area contributed by atoms with Crippen LogP contribution in [-0.4, -0.2) is 14.2 Å². The van der Waals surface area contributed by atoms with Crippen molar-refractivity contribution in [2.24, 2.45) is 5.14 Å². The van der Waals surface area contributed by atoms with Crippen LogP contribution in [0.5, 0.6) is 11.5 Å². The van der Waals surface area contributed by atoms with E-state index in [0.29, 0.717) is 5.75 Å². The fraction of sp³-hybridized carbons (Fsp3) is 0.133. The number of benzene rings is 2. The van der Waals surface area contributed by atoms with Gasteiger partial charge in [-0.1, -0.05) is 30.3 Å². The van der Waals surface area contributed by atoms with Gasteiger partial charge in [-0.3, -0.25) is 4.79 Å². The Morgan fingerprint density at radius 2 is 1.86 bits per heavy atom. The Labute approximate surface area is 127 Å². The van der Waals surface area contributed by atoms with Crippen molar-refractivity contribution in [1.29, 1.82) is 0 Å². The van der Waals surface area contributed by atoms with E-state index in [1.165, 1.54) is 18.2 Å². The fourth-order valence-electron chi connectivity index (χ4n) is 2.34. The minimum Gasteiger partial charge on any atom is -0.484 e. The zero-order valence-corrected chi connectivity index (χ0v) is 12.2. The smallest absolute Gasteiger partial charge is 0.380 e. The molecule has 7 heteroatoms. The van der Waals surface area contributed by atoms with Crippen molar-refractivity contribution in [3.8, 4) is 11.5 Å². The monoisotopic (exact) mass is 319 g/mol. The van der Waals surface area contributed by atoms with Gasteiger partial charge in [0.2, 0.25) is 0 Å². The molecule has 0 aromatic heterocycles. The highest BCUT2D eigenvalue weighted by atomic mass is 32.2. The lowest BCUT2D eigenvalue weighted by Crippen LogP contribution is -2.22. The molecular formula is C15H13NO5S. The van der Waals surface area contributed by atoms with Gasteiger partial charge in [-0.05, 0) is 23.8 Å². The fourth-order valence-corrected chi connectivity index (χ4v) is 2.71. The molecule has 0 unspecified atom stereocenters. The van der Waals surface area contributed by atoms with Crippen LogP contribution in [0.3, 0.4) is 0 Å². The number of Topliss-reactive ketones (excluding diaryl/α,β-unsaturated/α-hetero) is 1. The summed E-state index contributed by atoms with van der Waals surface area (Å²) < 4.78 is 32.2. The van der Waals surface area contributed by atoms with Crippen LogP contribution in [-0.2, 0) is 10.3 Å². The van der Waals surface area contributed by atoms with Gasteiger partial charge >= 0.3 is 10.3 Å². The van der Waals surface area contributed by atoms with Crippen LogP contribution in [0.4, 0.5) is 0 Å². The van der Waals surface area contributed by atoms with E-state index in [4.69, 9.17) is 9.88 Å². The molecule has 0 spiro atoms. The molecule has 0 fully saturated rings. The number of hydrogen-bond acceptors (Lipinski definition) is 5. The predicted molar refractivity (Wildman–Crippen MR) is 78.9 cm³/mol. The summed E-state index contributed by atoms with van der Waals surface area (Å²) in [5, 5.41) is 4.81. The van der Waals surface area contributed by atoms with Gasteiger partial charge in [-0.2, -0.15) is 13.6 Å². The lowest BCUT2D eigenvalue weighted by molar-refractivity contribution is 0.0849. The van der Waals surface area contributed by atoms with E-state index < -0.39 is 10.3 Å². The van der Waals surface area contributed by atoms with E-state index >= 15 is 0 Å². The largest absolute Gasteiger partial charge is 0.484 e. The Morgan fingerprint density at radius 1 is 1.14 bits per heavy atom. The summed E-state index contributed by atoms with van der Waals surface area (Å²) in [5.74, 6) is 0.234. The number of carbonyl (C=O) groups is 1. The van der Waals surface area contributed by atoms with Gasteiger partial charge in [-0.25, -0.2) is 0 Å². The third-order valence-electron chi connectivity index (χ3n) is 3.28. The molecule has 0 radical (unpaired) electrons. The third kappa shape index (κ3) is 3.10. The number of fused-ring (bicyclic) bond motifs is 1. The maximum atomic E-state index is 12.3. The second kappa shape index (κ2) is 5.43. The zero-order valence-electron chi connectivity index (χ0n) is 11.4. The maximum absolute atomic E-state index is 12.3. The van der Waals surface area contributed by atoms with Crippen molar-refractivity contribution >= 4 is 16.1 Å². The molecule has 2 aromatic carbocycles. The van der Waals surface area contributed by atoms with Crippen molar-refractivity contribution in [1.82, 2.24) is 0 Å². The van der Waals surface area contributed by atoms with E-state index in [1.54, 1.807) is 0 Å². The van der Waals surface area contributed by atoms with Gasteiger partial charge in [0.1, 0.15) is 17.6 Å². The molecule has 2 N–H and O–H groups in total. The minimum atomic E-state index is -4.13. The number of rotatable bonds is 3. The molecule has 1 aliphatic rings. The van der Waals surface area contributed by atoms with Crippen LogP contribution >= 0.6 is 0 Å². The predicted octanol–water partition coefficient (Wildman–Crippen LogP) is 1.98. The molecule has 3 rings (SSSR count). The quantitative estimate of drug-likeness (QED) is 0.933. The Bertz CT molecular complexity index is 817. The van der Waals surface area contributed by atoms with Crippen LogP contribution in [0, 0.1) is 0 Å². The SMILES string of the molecule is NS(=O)(=O)Oc1ccc2c(c1)C(=O)C[C@H](c1ccccc1)O2. The highest BCUT2D eigenvalue weighted by molar-refractivity contribution is 7.84. The maximum Gasteiger partial charge on any atom is 0.380 e. The lowest BCUT2D eigenvalue weighted by Gasteiger charge is -2.25. The molecule has 22 heavy (non-hydrogen) atoms. The van der Waals surface area contributed by atoms with Gasteiger partial charge in [0.05, 0.1) is 12.0 Å². The van der Waals surface area contributed by atoms with E-state index in [-0.39, 0.29) is 29.6 Å².